The lowest BCUT2D eigenvalue weighted by atomic mass is 9.85. The Morgan fingerprint density at radius 3 is 2.52 bits per heavy atom. The van der Waals surface area contributed by atoms with Crippen LogP contribution in [0.1, 0.15) is 58.5 Å². The third-order valence-corrected chi connectivity index (χ3v) is 4.26. The summed E-state index contributed by atoms with van der Waals surface area (Å²) >= 11 is 0. The van der Waals surface area contributed by atoms with Gasteiger partial charge in [0.1, 0.15) is 5.75 Å². The molecule has 2 rings (SSSR count). The Kier molecular flexibility index (Phi) is 4.99. The van der Waals surface area contributed by atoms with E-state index in [1.807, 2.05) is 19.9 Å². The van der Waals surface area contributed by atoms with Crippen molar-refractivity contribution in [3.05, 3.63) is 28.3 Å². The molecule has 1 aromatic carbocycles. The number of hydrogen-bond donors (Lipinski definition) is 0. The Labute approximate surface area is 126 Å². The van der Waals surface area contributed by atoms with Gasteiger partial charge < -0.3 is 9.64 Å². The number of rotatable bonds is 5. The van der Waals surface area contributed by atoms with Gasteiger partial charge in [-0.3, -0.25) is 9.59 Å². The number of aryl methyl sites for hydroxylation is 1. The van der Waals surface area contributed by atoms with Gasteiger partial charge >= 0.3 is 0 Å². The Bertz CT molecular complexity index is 547. The number of fused-ring (bicyclic) bond motifs is 1. The van der Waals surface area contributed by atoms with Crippen LogP contribution in [0.5, 0.6) is 5.75 Å². The minimum atomic E-state index is -0.118. The molecule has 0 N–H and O–H groups in total. The van der Waals surface area contributed by atoms with Crippen molar-refractivity contribution in [3.63, 3.8) is 0 Å². The molecule has 1 aliphatic rings. The van der Waals surface area contributed by atoms with Gasteiger partial charge in [0.05, 0.1) is 12.7 Å². The highest BCUT2D eigenvalue weighted by Crippen LogP contribution is 2.33. The zero-order valence-electron chi connectivity index (χ0n) is 13.1. The van der Waals surface area contributed by atoms with Crippen molar-refractivity contribution in [2.24, 2.45) is 0 Å². The van der Waals surface area contributed by atoms with Crippen molar-refractivity contribution < 1.29 is 14.3 Å². The molecule has 4 heteroatoms. The monoisotopic (exact) mass is 289 g/mol. The number of carbonyl (C=O) groups is 2. The Balaban J connectivity index is 2.62. The predicted molar refractivity (Wildman–Crippen MR) is 82.3 cm³/mol. The van der Waals surface area contributed by atoms with E-state index in [9.17, 15) is 9.59 Å². The van der Waals surface area contributed by atoms with E-state index in [0.29, 0.717) is 30.0 Å². The molecule has 114 valence electrons. The van der Waals surface area contributed by atoms with Crippen molar-refractivity contribution in [1.29, 1.82) is 0 Å². The topological polar surface area (TPSA) is 46.6 Å². The van der Waals surface area contributed by atoms with Crippen LogP contribution in [-0.4, -0.2) is 37.3 Å². The van der Waals surface area contributed by atoms with Crippen LogP contribution < -0.4 is 4.74 Å². The highest BCUT2D eigenvalue weighted by atomic mass is 16.5. The van der Waals surface area contributed by atoms with Gasteiger partial charge in [0.15, 0.2) is 6.29 Å². The number of benzene rings is 1. The van der Waals surface area contributed by atoms with E-state index in [4.69, 9.17) is 4.74 Å². The van der Waals surface area contributed by atoms with Crippen molar-refractivity contribution >= 4 is 12.2 Å². The van der Waals surface area contributed by atoms with Crippen molar-refractivity contribution in [2.45, 2.75) is 39.5 Å². The number of aldehydes is 1. The standard InChI is InChI=1S/C17H23NO3/c1-4-18(5-2)17(20)16-14(11-19)13-9-7-6-8-12(13)10-15(16)21-3/h10-11H,4-9H2,1-3H3. The zero-order valence-corrected chi connectivity index (χ0v) is 13.1. The molecular formula is C17H23NO3. The molecule has 0 aliphatic heterocycles. The van der Waals surface area contributed by atoms with Gasteiger partial charge in [0, 0.05) is 18.7 Å². The summed E-state index contributed by atoms with van der Waals surface area (Å²) in [7, 11) is 1.55. The summed E-state index contributed by atoms with van der Waals surface area (Å²) in [5.41, 5.74) is 3.14. The molecule has 0 heterocycles. The summed E-state index contributed by atoms with van der Waals surface area (Å²) in [5, 5.41) is 0. The zero-order chi connectivity index (χ0) is 15.4. The van der Waals surface area contributed by atoms with Crippen LogP contribution in [0.25, 0.3) is 0 Å². The van der Waals surface area contributed by atoms with Crippen LogP contribution >= 0.6 is 0 Å². The number of amides is 1. The molecule has 0 saturated carbocycles. The third kappa shape index (κ3) is 2.80. The predicted octanol–water partition coefficient (Wildman–Crippen LogP) is 2.87. The van der Waals surface area contributed by atoms with E-state index < -0.39 is 0 Å². The molecular weight excluding hydrogens is 266 g/mol. The quantitative estimate of drug-likeness (QED) is 0.783. The second-order valence-electron chi connectivity index (χ2n) is 5.31. The first-order chi connectivity index (χ1) is 10.2. The minimum absolute atomic E-state index is 0.118. The van der Waals surface area contributed by atoms with Crippen LogP contribution in [0.15, 0.2) is 6.07 Å². The maximum atomic E-state index is 12.7. The fourth-order valence-electron chi connectivity index (χ4n) is 3.09. The van der Waals surface area contributed by atoms with Gasteiger partial charge in [-0.2, -0.15) is 0 Å². The first kappa shape index (κ1) is 15.5. The van der Waals surface area contributed by atoms with E-state index >= 15 is 0 Å². The van der Waals surface area contributed by atoms with Crippen LogP contribution in [0.4, 0.5) is 0 Å². The van der Waals surface area contributed by atoms with Crippen molar-refractivity contribution in [3.8, 4) is 5.75 Å². The number of hydrogen-bond acceptors (Lipinski definition) is 3. The average Bonchev–Trinajstić information content (AvgIpc) is 2.53. The molecule has 1 aromatic rings. The molecule has 0 bridgehead atoms. The SMILES string of the molecule is CCN(CC)C(=O)c1c(OC)cc2c(c1C=O)CCCC2. The lowest BCUT2D eigenvalue weighted by Crippen LogP contribution is -2.32. The van der Waals surface area contributed by atoms with Gasteiger partial charge in [-0.1, -0.05) is 0 Å². The number of methoxy groups -OCH3 is 1. The van der Waals surface area contributed by atoms with Gasteiger partial charge in [0.25, 0.3) is 5.91 Å². The Hall–Kier alpha value is -1.84. The van der Waals surface area contributed by atoms with Crippen LogP contribution in [-0.2, 0) is 12.8 Å². The van der Waals surface area contributed by atoms with Crippen molar-refractivity contribution in [1.82, 2.24) is 4.90 Å². The molecule has 0 unspecified atom stereocenters. The summed E-state index contributed by atoms with van der Waals surface area (Å²) < 4.78 is 5.41. The summed E-state index contributed by atoms with van der Waals surface area (Å²) in [6.07, 6.45) is 4.83. The summed E-state index contributed by atoms with van der Waals surface area (Å²) in [6, 6.07) is 1.94. The second-order valence-corrected chi connectivity index (χ2v) is 5.31. The van der Waals surface area contributed by atoms with E-state index in [-0.39, 0.29) is 5.91 Å². The van der Waals surface area contributed by atoms with E-state index in [1.165, 1.54) is 0 Å². The Morgan fingerprint density at radius 1 is 1.29 bits per heavy atom. The second kappa shape index (κ2) is 6.74. The summed E-state index contributed by atoms with van der Waals surface area (Å²) in [4.78, 5) is 26.1. The lowest BCUT2D eigenvalue weighted by molar-refractivity contribution is 0.0766. The smallest absolute Gasteiger partial charge is 0.258 e. The fourth-order valence-corrected chi connectivity index (χ4v) is 3.09. The molecule has 0 radical (unpaired) electrons. The normalized spacial score (nSPS) is 13.5. The van der Waals surface area contributed by atoms with Crippen LogP contribution in [0, 0.1) is 0 Å². The number of carbonyl (C=O) groups excluding carboxylic acids is 2. The number of ether oxygens (including phenoxy) is 1. The minimum Gasteiger partial charge on any atom is -0.496 e. The van der Waals surface area contributed by atoms with E-state index in [2.05, 4.69) is 0 Å². The van der Waals surface area contributed by atoms with Crippen LogP contribution in [0.2, 0.25) is 0 Å². The molecule has 4 nitrogen and oxygen atoms in total. The first-order valence-electron chi connectivity index (χ1n) is 7.65. The number of nitrogens with zero attached hydrogens (tertiary/aromatic N) is 1. The first-order valence-corrected chi connectivity index (χ1v) is 7.65. The molecule has 21 heavy (non-hydrogen) atoms. The molecule has 0 fully saturated rings. The highest BCUT2D eigenvalue weighted by Gasteiger charge is 2.26. The van der Waals surface area contributed by atoms with Crippen LogP contribution in [0.3, 0.4) is 0 Å². The maximum Gasteiger partial charge on any atom is 0.258 e. The van der Waals surface area contributed by atoms with Gasteiger partial charge in [-0.15, -0.1) is 0 Å². The van der Waals surface area contributed by atoms with Gasteiger partial charge in [-0.25, -0.2) is 0 Å². The summed E-state index contributed by atoms with van der Waals surface area (Å²) in [5.74, 6) is 0.405. The van der Waals surface area contributed by atoms with Gasteiger partial charge in [-0.05, 0) is 56.7 Å². The molecule has 0 spiro atoms. The molecule has 0 atom stereocenters. The Morgan fingerprint density at radius 2 is 1.95 bits per heavy atom. The van der Waals surface area contributed by atoms with E-state index in [1.54, 1.807) is 12.0 Å². The molecule has 1 aliphatic carbocycles. The van der Waals surface area contributed by atoms with Gasteiger partial charge in [0.2, 0.25) is 0 Å². The lowest BCUT2D eigenvalue weighted by Gasteiger charge is -2.25. The highest BCUT2D eigenvalue weighted by molar-refractivity contribution is 6.05. The van der Waals surface area contributed by atoms with Crippen molar-refractivity contribution in [2.75, 3.05) is 20.2 Å². The maximum absolute atomic E-state index is 12.7. The largest absolute Gasteiger partial charge is 0.496 e. The van der Waals surface area contributed by atoms with E-state index in [0.717, 1.165) is 43.1 Å². The molecule has 0 aromatic heterocycles. The third-order valence-electron chi connectivity index (χ3n) is 4.26. The average molecular weight is 289 g/mol. The molecule has 0 saturated heterocycles. The fraction of sp³-hybridized carbons (Fsp3) is 0.529. The molecule has 1 amide bonds. The summed E-state index contributed by atoms with van der Waals surface area (Å²) in [6.45, 7) is 5.11.